The van der Waals surface area contributed by atoms with Crippen LogP contribution in [0, 0.1) is 11.3 Å². The zero-order chi connectivity index (χ0) is 9.61. The average Bonchev–Trinajstić information content (AvgIpc) is 1.84. The van der Waals surface area contributed by atoms with Crippen LogP contribution in [-0.4, -0.2) is 18.7 Å². The first kappa shape index (κ1) is 10.7. The van der Waals surface area contributed by atoms with Crippen molar-refractivity contribution >= 4 is 5.91 Å². The van der Waals surface area contributed by atoms with Crippen LogP contribution in [-0.2, 0) is 9.63 Å². The Morgan fingerprint density at radius 2 is 2.17 bits per heavy atom. The van der Waals surface area contributed by atoms with Gasteiger partial charge in [-0.15, -0.1) is 0 Å². The molecule has 0 atom stereocenters. The zero-order valence-electron chi connectivity index (χ0n) is 5.81. The van der Waals surface area contributed by atoms with Gasteiger partial charge >= 0.3 is 6.18 Å². The molecule has 0 spiro atoms. The minimum absolute atomic E-state index is 0.530. The van der Waals surface area contributed by atoms with E-state index in [2.05, 4.69) is 4.84 Å². The highest BCUT2D eigenvalue weighted by Gasteiger charge is 2.28. The molecule has 0 unspecified atom stereocenters. The van der Waals surface area contributed by atoms with E-state index >= 15 is 0 Å². The van der Waals surface area contributed by atoms with Gasteiger partial charge in [-0.25, -0.2) is 5.48 Å². The number of halogens is 3. The fourth-order valence-electron chi connectivity index (χ4n) is 0.306. The van der Waals surface area contributed by atoms with E-state index in [0.717, 1.165) is 0 Å². The number of nitriles is 1. The van der Waals surface area contributed by atoms with Gasteiger partial charge in [0.05, 0.1) is 6.07 Å². The molecule has 0 saturated carbocycles. The molecule has 1 N–H and O–H groups in total. The fourth-order valence-corrected chi connectivity index (χ4v) is 0.306. The Hall–Kier alpha value is -1.29. The van der Waals surface area contributed by atoms with Gasteiger partial charge in [-0.05, 0) is 0 Å². The van der Waals surface area contributed by atoms with E-state index in [1.165, 1.54) is 11.5 Å². The van der Waals surface area contributed by atoms with Crippen LogP contribution in [0.4, 0.5) is 13.2 Å². The third-order valence-electron chi connectivity index (χ3n) is 0.661. The molecule has 0 heterocycles. The number of nitrogens with zero attached hydrogens (tertiary/aromatic N) is 1. The number of amides is 1. The third kappa shape index (κ3) is 6.82. The molecule has 0 aromatic rings. The smallest absolute Gasteiger partial charge is 0.272 e. The summed E-state index contributed by atoms with van der Waals surface area (Å²) in [6, 6.07) is 1.44. The number of carbonyl (C=O) groups is 1. The second-order valence-electron chi connectivity index (χ2n) is 1.76. The molecular formula is C5H5F3N2O2. The molecule has 0 aromatic heterocycles. The van der Waals surface area contributed by atoms with Crippen molar-refractivity contribution in [3.05, 3.63) is 0 Å². The maximum Gasteiger partial charge on any atom is 0.414 e. The van der Waals surface area contributed by atoms with Crippen molar-refractivity contribution in [3.8, 4) is 6.07 Å². The Bertz CT molecular complexity index is 196. The number of nitrogens with one attached hydrogen (secondary N) is 1. The third-order valence-corrected chi connectivity index (χ3v) is 0.661. The Labute approximate surface area is 65.9 Å². The molecule has 0 bridgehead atoms. The lowest BCUT2D eigenvalue weighted by Crippen LogP contribution is -2.29. The highest BCUT2D eigenvalue weighted by molar-refractivity contribution is 5.76. The van der Waals surface area contributed by atoms with Crippen LogP contribution in [0.2, 0.25) is 0 Å². The number of hydrogen-bond donors (Lipinski definition) is 1. The lowest BCUT2D eigenvalue weighted by atomic mass is 10.5. The number of rotatable bonds is 3. The summed E-state index contributed by atoms with van der Waals surface area (Å²) in [4.78, 5) is 14.0. The van der Waals surface area contributed by atoms with E-state index in [0.29, 0.717) is 0 Å². The predicted octanol–water partition coefficient (Wildman–Crippen LogP) is 0.510. The van der Waals surface area contributed by atoms with Crippen LogP contribution < -0.4 is 5.48 Å². The second kappa shape index (κ2) is 4.56. The summed E-state index contributed by atoms with van der Waals surface area (Å²) in [6.45, 7) is -1.57. The average molecular weight is 182 g/mol. The first-order chi connectivity index (χ1) is 5.45. The molecule has 7 heteroatoms. The lowest BCUT2D eigenvalue weighted by molar-refractivity contribution is -0.191. The van der Waals surface area contributed by atoms with Crippen molar-refractivity contribution in [1.82, 2.24) is 5.48 Å². The normalized spacial score (nSPS) is 10.5. The Kier molecular flexibility index (Phi) is 4.07. The molecular weight excluding hydrogens is 177 g/mol. The van der Waals surface area contributed by atoms with Crippen molar-refractivity contribution in [3.63, 3.8) is 0 Å². The van der Waals surface area contributed by atoms with Gasteiger partial charge in [-0.1, -0.05) is 0 Å². The van der Waals surface area contributed by atoms with Crippen molar-refractivity contribution in [2.75, 3.05) is 6.61 Å². The number of alkyl halides is 3. The quantitative estimate of drug-likeness (QED) is 0.647. The summed E-state index contributed by atoms with van der Waals surface area (Å²) >= 11 is 0. The van der Waals surface area contributed by atoms with E-state index in [-0.39, 0.29) is 0 Å². The van der Waals surface area contributed by atoms with Crippen LogP contribution >= 0.6 is 0 Å². The molecule has 0 aromatic carbocycles. The number of hydroxylamine groups is 1. The molecule has 4 nitrogen and oxygen atoms in total. The molecule has 12 heavy (non-hydrogen) atoms. The highest BCUT2D eigenvalue weighted by Crippen LogP contribution is 2.13. The van der Waals surface area contributed by atoms with E-state index in [1.807, 2.05) is 0 Å². The standard InChI is InChI=1S/C5H5F3N2O2/c6-5(7,8)3-12-10-4(11)1-2-9/h1,3H2,(H,10,11). The molecule has 0 aliphatic rings. The van der Waals surface area contributed by atoms with Gasteiger partial charge in [0.2, 0.25) is 0 Å². The summed E-state index contributed by atoms with van der Waals surface area (Å²) < 4.78 is 34.1. The van der Waals surface area contributed by atoms with Gasteiger partial charge < -0.3 is 0 Å². The van der Waals surface area contributed by atoms with Crippen molar-refractivity contribution in [2.45, 2.75) is 12.6 Å². The van der Waals surface area contributed by atoms with Gasteiger partial charge in [0.1, 0.15) is 6.42 Å². The van der Waals surface area contributed by atoms with Crippen molar-refractivity contribution in [2.24, 2.45) is 0 Å². The number of carbonyl (C=O) groups excluding carboxylic acids is 1. The molecule has 1 amide bonds. The van der Waals surface area contributed by atoms with Crippen molar-refractivity contribution in [1.29, 1.82) is 5.26 Å². The van der Waals surface area contributed by atoms with Crippen LogP contribution in [0.1, 0.15) is 6.42 Å². The summed E-state index contributed by atoms with van der Waals surface area (Å²) in [5, 5.41) is 7.91. The van der Waals surface area contributed by atoms with Gasteiger partial charge in [0.15, 0.2) is 6.61 Å². The monoisotopic (exact) mass is 182 g/mol. The Morgan fingerprint density at radius 1 is 1.58 bits per heavy atom. The first-order valence-corrected chi connectivity index (χ1v) is 2.80. The summed E-state index contributed by atoms with van der Waals surface area (Å²) in [5.41, 5.74) is 1.46. The Morgan fingerprint density at radius 3 is 2.58 bits per heavy atom. The number of hydrogen-bond acceptors (Lipinski definition) is 3. The fraction of sp³-hybridized carbons (Fsp3) is 0.600. The zero-order valence-corrected chi connectivity index (χ0v) is 5.81. The maximum absolute atomic E-state index is 11.4. The van der Waals surface area contributed by atoms with Gasteiger partial charge in [0.25, 0.3) is 5.91 Å². The minimum atomic E-state index is -4.49. The Balaban J connectivity index is 3.45. The summed E-state index contributed by atoms with van der Waals surface area (Å²) in [7, 11) is 0. The highest BCUT2D eigenvalue weighted by atomic mass is 19.4. The van der Waals surface area contributed by atoms with Crippen LogP contribution in [0.3, 0.4) is 0 Å². The summed E-state index contributed by atoms with van der Waals surface area (Å²) in [5.74, 6) is -0.901. The van der Waals surface area contributed by atoms with Crippen molar-refractivity contribution < 1.29 is 22.8 Å². The van der Waals surface area contributed by atoms with Crippen LogP contribution in [0.5, 0.6) is 0 Å². The largest absolute Gasteiger partial charge is 0.414 e. The first-order valence-electron chi connectivity index (χ1n) is 2.80. The maximum atomic E-state index is 11.4. The van der Waals surface area contributed by atoms with Crippen LogP contribution in [0.25, 0.3) is 0 Å². The molecule has 0 aliphatic heterocycles. The topological polar surface area (TPSA) is 62.1 Å². The van der Waals surface area contributed by atoms with E-state index in [9.17, 15) is 18.0 Å². The van der Waals surface area contributed by atoms with E-state index in [1.54, 1.807) is 0 Å². The van der Waals surface area contributed by atoms with Gasteiger partial charge in [-0.3, -0.25) is 9.63 Å². The molecule has 0 saturated heterocycles. The molecule has 0 rings (SSSR count). The van der Waals surface area contributed by atoms with E-state index in [4.69, 9.17) is 5.26 Å². The van der Waals surface area contributed by atoms with Gasteiger partial charge in [0, 0.05) is 0 Å². The minimum Gasteiger partial charge on any atom is -0.272 e. The molecule has 68 valence electrons. The van der Waals surface area contributed by atoms with Crippen LogP contribution in [0.15, 0.2) is 0 Å². The summed E-state index contributed by atoms with van der Waals surface area (Å²) in [6.07, 6.45) is -5.02. The van der Waals surface area contributed by atoms with E-state index < -0.39 is 25.1 Å². The molecule has 0 aliphatic carbocycles. The SMILES string of the molecule is N#CCC(=O)NOCC(F)(F)F. The molecule has 0 radical (unpaired) electrons. The predicted molar refractivity (Wildman–Crippen MR) is 30.4 cm³/mol. The second-order valence-corrected chi connectivity index (χ2v) is 1.76. The lowest BCUT2D eigenvalue weighted by Gasteiger charge is -2.06. The molecule has 0 fully saturated rings. The van der Waals surface area contributed by atoms with Gasteiger partial charge in [-0.2, -0.15) is 18.4 Å².